The Bertz CT molecular complexity index is 659. The molecule has 0 unspecified atom stereocenters. The van der Waals surface area contributed by atoms with Gasteiger partial charge in [-0.2, -0.15) is 0 Å². The molecule has 0 spiro atoms. The van der Waals surface area contributed by atoms with Gasteiger partial charge in [0, 0.05) is 6.20 Å². The molecule has 0 bridgehead atoms. The lowest BCUT2D eigenvalue weighted by atomic mass is 10.3. The zero-order valence-electron chi connectivity index (χ0n) is 8.80. The number of halogens is 1. The minimum absolute atomic E-state index is 0.121. The number of pyridine rings is 1. The zero-order chi connectivity index (χ0) is 11.8. The second kappa shape index (κ2) is 3.82. The largest absolute Gasteiger partial charge is 0.506 e. The van der Waals surface area contributed by atoms with E-state index >= 15 is 0 Å². The van der Waals surface area contributed by atoms with E-state index in [2.05, 4.69) is 4.98 Å². The summed E-state index contributed by atoms with van der Waals surface area (Å²) in [5, 5.41) is 10.0. The van der Waals surface area contributed by atoms with Crippen LogP contribution in [0.3, 0.4) is 0 Å². The monoisotopic (exact) mass is 248 g/mol. The highest BCUT2D eigenvalue weighted by atomic mass is 35.5. The van der Waals surface area contributed by atoms with E-state index in [1.807, 2.05) is 18.3 Å². The number of rotatable bonds is 2. The van der Waals surface area contributed by atoms with Crippen LogP contribution in [0.15, 0.2) is 41.1 Å². The van der Waals surface area contributed by atoms with Crippen LogP contribution >= 0.6 is 11.6 Å². The SMILES string of the molecule is Oc1cccn2c(Cc3ccco3)nc(Cl)c12. The summed E-state index contributed by atoms with van der Waals surface area (Å²) < 4.78 is 7.03. The van der Waals surface area contributed by atoms with Crippen LogP contribution in [0, 0.1) is 0 Å². The minimum atomic E-state index is 0.121. The Balaban J connectivity index is 2.15. The summed E-state index contributed by atoms with van der Waals surface area (Å²) in [6.45, 7) is 0. The van der Waals surface area contributed by atoms with Crippen LogP contribution in [-0.4, -0.2) is 14.5 Å². The number of furan rings is 1. The summed E-state index contributed by atoms with van der Waals surface area (Å²) in [6, 6.07) is 7.02. The van der Waals surface area contributed by atoms with Crippen molar-refractivity contribution < 1.29 is 9.52 Å². The first kappa shape index (κ1) is 10.2. The number of hydrogen-bond acceptors (Lipinski definition) is 3. The average Bonchev–Trinajstić information content (AvgIpc) is 2.90. The predicted molar refractivity (Wildman–Crippen MR) is 63.4 cm³/mol. The maximum atomic E-state index is 9.72. The Morgan fingerprint density at radius 2 is 2.24 bits per heavy atom. The molecule has 0 aliphatic heterocycles. The molecular formula is C12H9ClN2O2. The van der Waals surface area contributed by atoms with E-state index in [1.165, 1.54) is 0 Å². The number of nitrogens with zero attached hydrogens (tertiary/aromatic N) is 2. The van der Waals surface area contributed by atoms with E-state index in [1.54, 1.807) is 22.8 Å². The molecule has 0 aliphatic rings. The molecule has 1 N–H and O–H groups in total. The number of aromatic hydroxyl groups is 1. The van der Waals surface area contributed by atoms with Crippen molar-refractivity contribution in [1.29, 1.82) is 0 Å². The van der Waals surface area contributed by atoms with Gasteiger partial charge in [-0.25, -0.2) is 4.98 Å². The molecule has 0 aromatic carbocycles. The van der Waals surface area contributed by atoms with E-state index in [4.69, 9.17) is 16.0 Å². The van der Waals surface area contributed by atoms with Crippen molar-refractivity contribution in [3.8, 4) is 5.75 Å². The minimum Gasteiger partial charge on any atom is -0.506 e. The maximum Gasteiger partial charge on any atom is 0.158 e. The normalized spacial score (nSPS) is 11.1. The topological polar surface area (TPSA) is 50.7 Å². The fourth-order valence-electron chi connectivity index (χ4n) is 1.83. The molecule has 3 rings (SSSR count). The van der Waals surface area contributed by atoms with Gasteiger partial charge >= 0.3 is 0 Å². The fraction of sp³-hybridized carbons (Fsp3) is 0.0833. The van der Waals surface area contributed by atoms with E-state index < -0.39 is 0 Å². The molecule has 0 fully saturated rings. The van der Waals surface area contributed by atoms with E-state index in [0.717, 1.165) is 11.6 Å². The van der Waals surface area contributed by atoms with Crippen molar-refractivity contribution in [2.45, 2.75) is 6.42 Å². The van der Waals surface area contributed by atoms with Gasteiger partial charge in [0.05, 0.1) is 12.7 Å². The molecular weight excluding hydrogens is 240 g/mol. The molecule has 5 heteroatoms. The third-order valence-corrected chi connectivity index (χ3v) is 2.85. The third kappa shape index (κ3) is 1.66. The highest BCUT2D eigenvalue weighted by Crippen LogP contribution is 2.27. The summed E-state index contributed by atoms with van der Waals surface area (Å²) in [7, 11) is 0. The summed E-state index contributed by atoms with van der Waals surface area (Å²) in [5.74, 6) is 1.66. The second-order valence-corrected chi connectivity index (χ2v) is 4.05. The van der Waals surface area contributed by atoms with Crippen LogP contribution < -0.4 is 0 Å². The predicted octanol–water partition coefficient (Wildman–Crippen LogP) is 2.88. The van der Waals surface area contributed by atoms with Crippen molar-refractivity contribution >= 4 is 17.1 Å². The summed E-state index contributed by atoms with van der Waals surface area (Å²) in [6.07, 6.45) is 3.96. The van der Waals surface area contributed by atoms with Crippen LogP contribution in [0.4, 0.5) is 0 Å². The van der Waals surface area contributed by atoms with E-state index in [0.29, 0.717) is 17.1 Å². The smallest absolute Gasteiger partial charge is 0.158 e. The molecule has 3 heterocycles. The van der Waals surface area contributed by atoms with Crippen molar-refractivity contribution in [2.75, 3.05) is 0 Å². The molecule has 4 nitrogen and oxygen atoms in total. The fourth-order valence-corrected chi connectivity index (χ4v) is 2.12. The van der Waals surface area contributed by atoms with Gasteiger partial charge in [-0.1, -0.05) is 11.6 Å². The van der Waals surface area contributed by atoms with Crippen LogP contribution in [0.2, 0.25) is 5.15 Å². The molecule has 17 heavy (non-hydrogen) atoms. The first-order valence-electron chi connectivity index (χ1n) is 5.12. The van der Waals surface area contributed by atoms with Gasteiger partial charge in [-0.3, -0.25) is 4.40 Å². The van der Waals surface area contributed by atoms with Crippen LogP contribution in [0.25, 0.3) is 5.52 Å². The lowest BCUT2D eigenvalue weighted by Gasteiger charge is -2.00. The van der Waals surface area contributed by atoms with Crippen LogP contribution in [-0.2, 0) is 6.42 Å². The highest BCUT2D eigenvalue weighted by molar-refractivity contribution is 6.33. The molecule has 3 aromatic heterocycles. The Morgan fingerprint density at radius 3 is 3.00 bits per heavy atom. The molecule has 0 saturated heterocycles. The first-order chi connectivity index (χ1) is 8.25. The summed E-state index contributed by atoms with van der Waals surface area (Å²) in [5.41, 5.74) is 0.524. The Labute approximate surface area is 102 Å². The van der Waals surface area contributed by atoms with Gasteiger partial charge in [0.15, 0.2) is 5.15 Å². The van der Waals surface area contributed by atoms with Gasteiger partial charge in [-0.05, 0) is 24.3 Å². The lowest BCUT2D eigenvalue weighted by Crippen LogP contribution is -1.94. The molecule has 3 aromatic rings. The quantitative estimate of drug-likeness (QED) is 0.759. The number of imidazole rings is 1. The second-order valence-electron chi connectivity index (χ2n) is 3.69. The average molecular weight is 249 g/mol. The zero-order valence-corrected chi connectivity index (χ0v) is 9.55. The van der Waals surface area contributed by atoms with Gasteiger partial charge in [0.25, 0.3) is 0 Å². The van der Waals surface area contributed by atoms with Gasteiger partial charge in [0.1, 0.15) is 22.9 Å². The van der Waals surface area contributed by atoms with Crippen molar-refractivity contribution in [2.24, 2.45) is 0 Å². The lowest BCUT2D eigenvalue weighted by molar-refractivity contribution is 0.478. The van der Waals surface area contributed by atoms with E-state index in [-0.39, 0.29) is 5.75 Å². The van der Waals surface area contributed by atoms with Gasteiger partial charge in [0.2, 0.25) is 0 Å². The molecule has 0 amide bonds. The number of fused-ring (bicyclic) bond motifs is 1. The standard InChI is InChI=1S/C12H9ClN2O2/c13-12-11-9(16)4-1-5-15(11)10(14-12)7-8-3-2-6-17-8/h1-6,16H,7H2. The van der Waals surface area contributed by atoms with Crippen LogP contribution in [0.1, 0.15) is 11.6 Å². The first-order valence-corrected chi connectivity index (χ1v) is 5.50. The molecule has 0 saturated carbocycles. The summed E-state index contributed by atoms with van der Waals surface area (Å²) in [4.78, 5) is 4.23. The Morgan fingerprint density at radius 1 is 1.35 bits per heavy atom. The molecule has 0 atom stereocenters. The Kier molecular flexibility index (Phi) is 2.30. The van der Waals surface area contributed by atoms with E-state index in [9.17, 15) is 5.11 Å². The summed E-state index contributed by atoms with van der Waals surface area (Å²) >= 11 is 6.00. The Hall–Kier alpha value is -1.94. The number of aromatic nitrogens is 2. The van der Waals surface area contributed by atoms with Gasteiger partial charge < -0.3 is 9.52 Å². The third-order valence-electron chi connectivity index (χ3n) is 2.59. The maximum absolute atomic E-state index is 9.72. The van der Waals surface area contributed by atoms with Gasteiger partial charge in [-0.15, -0.1) is 0 Å². The number of hydrogen-bond donors (Lipinski definition) is 1. The highest BCUT2D eigenvalue weighted by Gasteiger charge is 2.13. The molecule has 0 radical (unpaired) electrons. The van der Waals surface area contributed by atoms with Crippen LogP contribution in [0.5, 0.6) is 5.75 Å². The van der Waals surface area contributed by atoms with Crippen molar-refractivity contribution in [1.82, 2.24) is 9.38 Å². The van der Waals surface area contributed by atoms with Crippen molar-refractivity contribution in [3.05, 3.63) is 53.5 Å². The molecule has 0 aliphatic carbocycles. The molecule has 86 valence electrons. The van der Waals surface area contributed by atoms with Crippen molar-refractivity contribution in [3.63, 3.8) is 0 Å².